The van der Waals surface area contributed by atoms with Crippen molar-refractivity contribution < 1.29 is 35.5 Å². The number of hydrogen-bond acceptors (Lipinski definition) is 5. The summed E-state index contributed by atoms with van der Waals surface area (Å²) in [6.07, 6.45) is -4.43. The molecule has 0 aromatic heterocycles. The topological polar surface area (TPSA) is 66.9 Å². The van der Waals surface area contributed by atoms with Crippen molar-refractivity contribution in [2.24, 2.45) is 0 Å². The van der Waals surface area contributed by atoms with Crippen molar-refractivity contribution in [2.75, 3.05) is 31.6 Å². The number of carbonyl (C=O) groups excluding carboxylic acids is 1. The van der Waals surface area contributed by atoms with Crippen LogP contribution in [0.1, 0.15) is 43.1 Å². The number of sulfone groups is 1. The molecule has 1 amide bonds. The molecule has 2 atom stereocenters. The number of rotatable bonds is 6. The molecule has 0 aliphatic carbocycles. The van der Waals surface area contributed by atoms with Gasteiger partial charge in [0.25, 0.3) is 5.91 Å². The molecule has 1 saturated heterocycles. The third kappa shape index (κ3) is 5.39. The lowest BCUT2D eigenvalue weighted by Crippen LogP contribution is -2.54. The fourth-order valence-corrected chi connectivity index (χ4v) is 5.57. The number of nitrogens with zero attached hydrogens (tertiary/aromatic N) is 2. The lowest BCUT2D eigenvalue weighted by atomic mass is 10.0. The summed E-state index contributed by atoms with van der Waals surface area (Å²) in [5.74, 6) is -1.48. The number of halogens is 4. The van der Waals surface area contributed by atoms with E-state index in [4.69, 9.17) is 4.74 Å². The molecule has 0 spiro atoms. The van der Waals surface area contributed by atoms with Crippen LogP contribution in [-0.2, 0) is 16.0 Å². The highest BCUT2D eigenvalue weighted by Gasteiger charge is 2.38. The van der Waals surface area contributed by atoms with Crippen LogP contribution in [0.25, 0.3) is 0 Å². The summed E-state index contributed by atoms with van der Waals surface area (Å²) in [5.41, 5.74) is -1.41. The van der Waals surface area contributed by atoms with Crippen LogP contribution in [0, 0.1) is 5.82 Å². The molecule has 6 nitrogen and oxygen atoms in total. The molecule has 0 radical (unpaired) electrons. The van der Waals surface area contributed by atoms with E-state index in [1.807, 2.05) is 4.90 Å². The molecule has 0 unspecified atom stereocenters. The van der Waals surface area contributed by atoms with Crippen LogP contribution in [0.5, 0.6) is 5.75 Å². The maximum absolute atomic E-state index is 13.5. The standard InChI is InChI=1S/C24H28F4N2O4S/c1-5-16(3)35(32,33)18-7-9-22(34-4)21(13-18)30-11-10-29(14-15(30)2)23(31)19-8-6-17(25)12-20(19)24(26,27)28/h6-9,12-13,15-16H,5,10-11,14H2,1-4H3/t15-,16-/m0/s1. The number of anilines is 1. The minimum Gasteiger partial charge on any atom is -0.495 e. The molecule has 1 fully saturated rings. The van der Waals surface area contributed by atoms with E-state index >= 15 is 0 Å². The Balaban J connectivity index is 1.89. The first-order valence-electron chi connectivity index (χ1n) is 11.2. The van der Waals surface area contributed by atoms with Gasteiger partial charge in [0, 0.05) is 25.7 Å². The average Bonchev–Trinajstić information content (AvgIpc) is 2.81. The quantitative estimate of drug-likeness (QED) is 0.518. The lowest BCUT2D eigenvalue weighted by Gasteiger charge is -2.42. The molecule has 2 aromatic rings. The lowest BCUT2D eigenvalue weighted by molar-refractivity contribution is -0.138. The predicted molar refractivity (Wildman–Crippen MR) is 124 cm³/mol. The molecule has 0 N–H and O–H groups in total. The highest BCUT2D eigenvalue weighted by atomic mass is 32.2. The molecule has 1 aliphatic rings. The van der Waals surface area contributed by atoms with Gasteiger partial charge < -0.3 is 14.5 Å². The Morgan fingerprint density at radius 3 is 2.43 bits per heavy atom. The van der Waals surface area contributed by atoms with E-state index in [1.165, 1.54) is 24.1 Å². The van der Waals surface area contributed by atoms with Crippen molar-refractivity contribution in [2.45, 2.75) is 49.6 Å². The van der Waals surface area contributed by atoms with E-state index in [0.29, 0.717) is 23.9 Å². The zero-order valence-corrected chi connectivity index (χ0v) is 20.7. The van der Waals surface area contributed by atoms with Gasteiger partial charge in [-0.3, -0.25) is 4.79 Å². The molecular weight excluding hydrogens is 488 g/mol. The normalized spacial score (nSPS) is 17.9. The van der Waals surface area contributed by atoms with Crippen molar-refractivity contribution in [1.82, 2.24) is 4.90 Å². The van der Waals surface area contributed by atoms with Crippen LogP contribution in [0.4, 0.5) is 23.2 Å². The summed E-state index contributed by atoms with van der Waals surface area (Å²) in [4.78, 5) is 16.3. The van der Waals surface area contributed by atoms with E-state index in [2.05, 4.69) is 0 Å². The Morgan fingerprint density at radius 2 is 1.86 bits per heavy atom. The first kappa shape index (κ1) is 26.8. The summed E-state index contributed by atoms with van der Waals surface area (Å²) in [7, 11) is -2.10. The van der Waals surface area contributed by atoms with Crippen molar-refractivity contribution in [3.63, 3.8) is 0 Å². The summed E-state index contributed by atoms with van der Waals surface area (Å²) in [6, 6.07) is 6.24. The van der Waals surface area contributed by atoms with E-state index in [9.17, 15) is 30.8 Å². The molecule has 2 aromatic carbocycles. The number of piperazine rings is 1. The molecule has 1 aliphatic heterocycles. The average molecular weight is 517 g/mol. The van der Waals surface area contributed by atoms with E-state index in [1.54, 1.807) is 26.8 Å². The van der Waals surface area contributed by atoms with Gasteiger partial charge in [-0.05, 0) is 56.7 Å². The van der Waals surface area contributed by atoms with Crippen LogP contribution in [-0.4, -0.2) is 57.3 Å². The third-order valence-electron chi connectivity index (χ3n) is 6.33. The number of carbonyl (C=O) groups is 1. The van der Waals surface area contributed by atoms with Crippen molar-refractivity contribution in [3.8, 4) is 5.75 Å². The number of ether oxygens (including phenoxy) is 1. The Morgan fingerprint density at radius 1 is 1.17 bits per heavy atom. The number of benzene rings is 2. The number of amides is 1. The second kappa shape index (κ2) is 10.0. The Bertz CT molecular complexity index is 1200. The zero-order valence-electron chi connectivity index (χ0n) is 19.9. The summed E-state index contributed by atoms with van der Waals surface area (Å²) >= 11 is 0. The second-order valence-electron chi connectivity index (χ2n) is 8.58. The minimum absolute atomic E-state index is 0.0823. The number of methoxy groups -OCH3 is 1. The smallest absolute Gasteiger partial charge is 0.417 e. The van der Waals surface area contributed by atoms with Gasteiger partial charge in [-0.25, -0.2) is 12.8 Å². The van der Waals surface area contributed by atoms with Crippen LogP contribution in [0.3, 0.4) is 0 Å². The minimum atomic E-state index is -4.88. The highest BCUT2D eigenvalue weighted by Crippen LogP contribution is 2.36. The fourth-order valence-electron chi connectivity index (χ4n) is 4.13. The van der Waals surface area contributed by atoms with Gasteiger partial charge in [0.2, 0.25) is 0 Å². The van der Waals surface area contributed by atoms with E-state index in [0.717, 1.165) is 12.1 Å². The molecule has 35 heavy (non-hydrogen) atoms. The second-order valence-corrected chi connectivity index (χ2v) is 10.9. The van der Waals surface area contributed by atoms with Crippen molar-refractivity contribution in [3.05, 3.63) is 53.3 Å². The molecule has 1 heterocycles. The van der Waals surface area contributed by atoms with Gasteiger partial charge in [0.05, 0.1) is 34.1 Å². The largest absolute Gasteiger partial charge is 0.495 e. The first-order valence-corrected chi connectivity index (χ1v) is 12.7. The Labute approximate surface area is 202 Å². The van der Waals surface area contributed by atoms with Crippen LogP contribution < -0.4 is 9.64 Å². The van der Waals surface area contributed by atoms with Crippen LogP contribution in [0.15, 0.2) is 41.3 Å². The Hall–Kier alpha value is -2.82. The molecule has 11 heteroatoms. The van der Waals surface area contributed by atoms with Crippen LogP contribution in [0.2, 0.25) is 0 Å². The van der Waals surface area contributed by atoms with Crippen LogP contribution >= 0.6 is 0 Å². The first-order chi connectivity index (χ1) is 16.3. The van der Waals surface area contributed by atoms with Crippen molar-refractivity contribution >= 4 is 21.4 Å². The maximum Gasteiger partial charge on any atom is 0.417 e. The van der Waals surface area contributed by atoms with Gasteiger partial charge in [0.1, 0.15) is 11.6 Å². The molecule has 3 rings (SSSR count). The maximum atomic E-state index is 13.5. The highest BCUT2D eigenvalue weighted by molar-refractivity contribution is 7.92. The summed E-state index contributed by atoms with van der Waals surface area (Å²) in [5, 5.41) is -0.575. The molecule has 0 saturated carbocycles. The van der Waals surface area contributed by atoms with Gasteiger partial charge in [-0.2, -0.15) is 13.2 Å². The van der Waals surface area contributed by atoms with Crippen molar-refractivity contribution in [1.29, 1.82) is 0 Å². The molecule has 192 valence electrons. The van der Waals surface area contributed by atoms with E-state index in [-0.39, 0.29) is 30.6 Å². The number of hydrogen-bond donors (Lipinski definition) is 0. The predicted octanol–water partition coefficient (Wildman–Crippen LogP) is 4.78. The molecule has 0 bridgehead atoms. The zero-order chi connectivity index (χ0) is 26.1. The van der Waals surface area contributed by atoms with E-state index < -0.39 is 44.1 Å². The number of alkyl halides is 3. The van der Waals surface area contributed by atoms with Gasteiger partial charge in [0.15, 0.2) is 9.84 Å². The molecular formula is C24H28F4N2O4S. The SMILES string of the molecule is CC[C@H](C)S(=O)(=O)c1ccc(OC)c(N2CCN(C(=O)c3ccc(F)cc3C(F)(F)F)C[C@@H]2C)c1. The summed E-state index contributed by atoms with van der Waals surface area (Å²) < 4.78 is 84.9. The monoisotopic (exact) mass is 516 g/mol. The van der Waals surface area contributed by atoms with Gasteiger partial charge in [-0.15, -0.1) is 0 Å². The van der Waals surface area contributed by atoms with Gasteiger partial charge in [-0.1, -0.05) is 6.92 Å². The Kier molecular flexibility index (Phi) is 7.68. The van der Waals surface area contributed by atoms with Gasteiger partial charge >= 0.3 is 6.18 Å². The summed E-state index contributed by atoms with van der Waals surface area (Å²) in [6.45, 7) is 5.61. The third-order valence-corrected chi connectivity index (χ3v) is 8.63. The fraction of sp³-hybridized carbons (Fsp3) is 0.458.